The van der Waals surface area contributed by atoms with Gasteiger partial charge < -0.3 is 14.2 Å². The fraction of sp³-hybridized carbons (Fsp3) is 0.375. The van der Waals surface area contributed by atoms with E-state index >= 15 is 0 Å². The first-order valence-electron chi connectivity index (χ1n) is 3.47. The Morgan fingerprint density at radius 2 is 1.85 bits per heavy atom. The first-order valence-corrected chi connectivity index (χ1v) is 4.27. The number of methoxy groups -OCH3 is 3. The van der Waals surface area contributed by atoms with Crippen molar-refractivity contribution in [3.05, 3.63) is 10.7 Å². The molecule has 71 valence electrons. The molecule has 0 aliphatic carbocycles. The lowest BCUT2D eigenvalue weighted by atomic mass is 10.4. The quantitative estimate of drug-likeness (QED) is 0.762. The van der Waals surface area contributed by atoms with Gasteiger partial charge in [0.05, 0.1) is 27.4 Å². The number of rotatable bonds is 3. The molecule has 0 aliphatic rings. The van der Waals surface area contributed by atoms with Crippen LogP contribution in [0.2, 0.25) is 0 Å². The average molecular weight is 247 g/mol. The van der Waals surface area contributed by atoms with Crippen molar-refractivity contribution < 1.29 is 14.2 Å². The third kappa shape index (κ3) is 2.03. The third-order valence-corrected chi connectivity index (χ3v) is 1.79. The summed E-state index contributed by atoms with van der Waals surface area (Å²) in [6.07, 6.45) is 0. The Morgan fingerprint density at radius 1 is 1.15 bits per heavy atom. The van der Waals surface area contributed by atoms with Crippen molar-refractivity contribution in [2.75, 3.05) is 21.3 Å². The number of hydrogen-bond donors (Lipinski definition) is 0. The molecule has 1 heterocycles. The molecule has 0 aromatic carbocycles. The van der Waals surface area contributed by atoms with Gasteiger partial charge in [-0.2, -0.15) is 0 Å². The monoisotopic (exact) mass is 246 g/mol. The lowest BCUT2D eigenvalue weighted by Crippen LogP contribution is -1.97. The molecule has 1 aromatic heterocycles. The molecule has 0 saturated carbocycles. The minimum Gasteiger partial charge on any atom is -0.492 e. The number of aromatic nitrogens is 1. The summed E-state index contributed by atoms with van der Waals surface area (Å²) in [5.74, 6) is 1.26. The highest BCUT2D eigenvalue weighted by molar-refractivity contribution is 9.10. The molecule has 1 aromatic rings. The molecule has 4 nitrogen and oxygen atoms in total. The fourth-order valence-corrected chi connectivity index (χ4v) is 1.22. The number of nitrogens with zero attached hydrogens (tertiary/aromatic N) is 1. The molecule has 0 N–H and O–H groups in total. The number of halogens is 1. The average Bonchev–Trinajstić information content (AvgIpc) is 2.16. The van der Waals surface area contributed by atoms with Crippen molar-refractivity contribution in [2.24, 2.45) is 0 Å². The van der Waals surface area contributed by atoms with Crippen LogP contribution in [-0.4, -0.2) is 26.3 Å². The molecule has 0 spiro atoms. The molecule has 0 fully saturated rings. The van der Waals surface area contributed by atoms with Crippen molar-refractivity contribution in [3.8, 4) is 17.4 Å². The van der Waals surface area contributed by atoms with Gasteiger partial charge in [0.15, 0.2) is 5.75 Å². The molecule has 5 heteroatoms. The predicted molar refractivity (Wildman–Crippen MR) is 50.4 cm³/mol. The van der Waals surface area contributed by atoms with Gasteiger partial charge in [0.25, 0.3) is 5.88 Å². The summed E-state index contributed by atoms with van der Waals surface area (Å²) in [7, 11) is 4.56. The van der Waals surface area contributed by atoms with Gasteiger partial charge in [0, 0.05) is 0 Å². The minimum absolute atomic E-state index is 0.366. The highest BCUT2D eigenvalue weighted by Gasteiger charge is 2.13. The maximum absolute atomic E-state index is 5.05. The highest BCUT2D eigenvalue weighted by atomic mass is 79.9. The molecule has 1 radical (unpaired) electrons. The van der Waals surface area contributed by atoms with Gasteiger partial charge in [0.1, 0.15) is 4.60 Å². The van der Waals surface area contributed by atoms with E-state index in [2.05, 4.69) is 27.0 Å². The summed E-state index contributed by atoms with van der Waals surface area (Å²) < 4.78 is 15.6. The molecular formula is C8H9BrNO3. The largest absolute Gasteiger partial charge is 0.492 e. The lowest BCUT2D eigenvalue weighted by Gasteiger charge is -2.10. The summed E-state index contributed by atoms with van der Waals surface area (Å²) in [6, 6.07) is 2.83. The molecule has 0 saturated heterocycles. The topological polar surface area (TPSA) is 40.6 Å². The van der Waals surface area contributed by atoms with E-state index in [1.54, 1.807) is 0 Å². The van der Waals surface area contributed by atoms with Crippen LogP contribution in [0.1, 0.15) is 0 Å². The van der Waals surface area contributed by atoms with Gasteiger partial charge in [-0.25, -0.2) is 4.98 Å². The van der Waals surface area contributed by atoms with Crippen molar-refractivity contribution >= 4 is 15.9 Å². The summed E-state index contributed by atoms with van der Waals surface area (Å²) >= 11 is 3.18. The highest BCUT2D eigenvalue weighted by Crippen LogP contribution is 2.36. The maximum atomic E-state index is 5.05. The van der Waals surface area contributed by atoms with E-state index in [0.29, 0.717) is 22.0 Å². The zero-order valence-corrected chi connectivity index (χ0v) is 9.14. The van der Waals surface area contributed by atoms with Crippen molar-refractivity contribution in [3.63, 3.8) is 0 Å². The smallest absolute Gasteiger partial charge is 0.261 e. The van der Waals surface area contributed by atoms with Crippen LogP contribution in [-0.2, 0) is 0 Å². The van der Waals surface area contributed by atoms with Crippen molar-refractivity contribution in [2.45, 2.75) is 0 Å². The second-order valence-corrected chi connectivity index (χ2v) is 2.85. The molecule has 13 heavy (non-hydrogen) atoms. The van der Waals surface area contributed by atoms with Crippen LogP contribution in [0.4, 0.5) is 0 Å². The third-order valence-electron chi connectivity index (χ3n) is 1.42. The van der Waals surface area contributed by atoms with Crippen LogP contribution in [0.25, 0.3) is 0 Å². The molecule has 0 amide bonds. The standard InChI is InChI=1S/C8H9BrNO3/c1-11-5-4-6(9)10-8(13-3)7(5)12-2/h1-3H3. The van der Waals surface area contributed by atoms with Crippen LogP contribution in [0.3, 0.4) is 0 Å². The summed E-state index contributed by atoms with van der Waals surface area (Å²) in [5, 5.41) is 0. The van der Waals surface area contributed by atoms with E-state index in [1.807, 2.05) is 0 Å². The Labute approximate surface area is 85.0 Å². The number of pyridine rings is 1. The summed E-state index contributed by atoms with van der Waals surface area (Å²) in [5.41, 5.74) is 0. The van der Waals surface area contributed by atoms with E-state index in [9.17, 15) is 0 Å². The fourth-order valence-electron chi connectivity index (χ4n) is 0.878. The van der Waals surface area contributed by atoms with E-state index in [-0.39, 0.29) is 0 Å². The second kappa shape index (κ2) is 4.32. The van der Waals surface area contributed by atoms with Crippen LogP contribution < -0.4 is 14.2 Å². The zero-order chi connectivity index (χ0) is 9.84. The minimum atomic E-state index is 0.366. The molecule has 0 bridgehead atoms. The van der Waals surface area contributed by atoms with E-state index in [0.717, 1.165) is 0 Å². The summed E-state index contributed by atoms with van der Waals surface area (Å²) in [6.45, 7) is 0. The lowest BCUT2D eigenvalue weighted by molar-refractivity contribution is 0.314. The maximum Gasteiger partial charge on any atom is 0.261 e. The van der Waals surface area contributed by atoms with Gasteiger partial charge in [-0.05, 0) is 15.9 Å². The van der Waals surface area contributed by atoms with Crippen LogP contribution in [0.5, 0.6) is 17.4 Å². The van der Waals surface area contributed by atoms with Gasteiger partial charge in [-0.15, -0.1) is 0 Å². The van der Waals surface area contributed by atoms with E-state index < -0.39 is 0 Å². The Bertz CT molecular complexity index is 278. The summed E-state index contributed by atoms with van der Waals surface area (Å²) in [4.78, 5) is 4.00. The predicted octanol–water partition coefficient (Wildman–Crippen LogP) is 1.67. The number of ether oxygens (including phenoxy) is 3. The van der Waals surface area contributed by atoms with Crippen molar-refractivity contribution in [1.82, 2.24) is 4.98 Å². The Morgan fingerprint density at radius 3 is 2.31 bits per heavy atom. The number of hydrogen-bond acceptors (Lipinski definition) is 4. The van der Waals surface area contributed by atoms with Crippen LogP contribution in [0.15, 0.2) is 4.60 Å². The normalized spacial score (nSPS) is 9.54. The first kappa shape index (κ1) is 10.1. The molecule has 0 atom stereocenters. The van der Waals surface area contributed by atoms with Crippen LogP contribution >= 0.6 is 15.9 Å². The zero-order valence-electron chi connectivity index (χ0n) is 7.55. The molecule has 1 rings (SSSR count). The Kier molecular flexibility index (Phi) is 3.36. The SMILES string of the molecule is COc1[c]c(Br)nc(OC)c1OC. The molecular weight excluding hydrogens is 238 g/mol. The van der Waals surface area contributed by atoms with E-state index in [4.69, 9.17) is 14.2 Å². The van der Waals surface area contributed by atoms with Gasteiger partial charge in [-0.1, -0.05) is 0 Å². The Balaban J connectivity index is 3.25. The van der Waals surface area contributed by atoms with Gasteiger partial charge >= 0.3 is 0 Å². The van der Waals surface area contributed by atoms with Crippen LogP contribution in [0, 0.1) is 6.07 Å². The van der Waals surface area contributed by atoms with Gasteiger partial charge in [0.2, 0.25) is 5.75 Å². The molecule has 0 aliphatic heterocycles. The van der Waals surface area contributed by atoms with E-state index in [1.165, 1.54) is 21.3 Å². The van der Waals surface area contributed by atoms with Gasteiger partial charge in [-0.3, -0.25) is 0 Å². The first-order chi connectivity index (χ1) is 6.22. The van der Waals surface area contributed by atoms with Crippen molar-refractivity contribution in [1.29, 1.82) is 0 Å². The Hall–Kier alpha value is -0.970. The second-order valence-electron chi connectivity index (χ2n) is 2.10. The molecule has 0 unspecified atom stereocenters.